The van der Waals surface area contributed by atoms with Gasteiger partial charge in [-0.15, -0.1) is 11.8 Å². The third kappa shape index (κ3) is 4.95. The largest absolute Gasteiger partial charge is 0.478 e. The second kappa shape index (κ2) is 9.38. The number of carbonyl (C=O) groups is 4. The van der Waals surface area contributed by atoms with Crippen molar-refractivity contribution in [3.63, 3.8) is 0 Å². The Morgan fingerprint density at radius 3 is 2.62 bits per heavy atom. The van der Waals surface area contributed by atoms with Crippen molar-refractivity contribution >= 4 is 35.3 Å². The highest BCUT2D eigenvalue weighted by molar-refractivity contribution is 8.00. The quantitative estimate of drug-likeness (QED) is 0.459. The van der Waals surface area contributed by atoms with Crippen molar-refractivity contribution < 1.29 is 34.1 Å². The zero-order chi connectivity index (χ0) is 21.0. The summed E-state index contributed by atoms with van der Waals surface area (Å²) in [5.74, 6) is -2.93. The van der Waals surface area contributed by atoms with Crippen LogP contribution in [0, 0.1) is 5.92 Å². The number of Topliss-reactive ketones (excluding diaryl/α,β-unsaturated/α-hetero) is 1. The summed E-state index contributed by atoms with van der Waals surface area (Å²) < 4.78 is 5.19. The van der Waals surface area contributed by atoms with Crippen LogP contribution in [0.4, 0.5) is 0 Å². The van der Waals surface area contributed by atoms with Crippen LogP contribution in [-0.2, 0) is 30.3 Å². The van der Waals surface area contributed by atoms with Gasteiger partial charge in [0.1, 0.15) is 17.2 Å². The first-order valence-corrected chi connectivity index (χ1v) is 10.2. The minimum Gasteiger partial charge on any atom is -0.478 e. The number of ketones is 1. The number of hydrogen-bond donors (Lipinski definition) is 3. The summed E-state index contributed by atoms with van der Waals surface area (Å²) in [5.41, 5.74) is 0.764. The van der Waals surface area contributed by atoms with Crippen molar-refractivity contribution in [1.29, 1.82) is 0 Å². The van der Waals surface area contributed by atoms with E-state index in [2.05, 4.69) is 5.32 Å². The maximum Gasteiger partial charge on any atom is 0.354 e. The highest BCUT2D eigenvalue weighted by Gasteiger charge is 2.53. The van der Waals surface area contributed by atoms with E-state index in [1.807, 2.05) is 6.07 Å². The predicted molar refractivity (Wildman–Crippen MR) is 103 cm³/mol. The summed E-state index contributed by atoms with van der Waals surface area (Å²) in [4.78, 5) is 48.9. The molecule has 0 saturated carbocycles. The number of carboxylic acids is 1. The zero-order valence-electron chi connectivity index (χ0n) is 15.5. The smallest absolute Gasteiger partial charge is 0.354 e. The van der Waals surface area contributed by atoms with Crippen LogP contribution < -0.4 is 5.32 Å². The average Bonchev–Trinajstić information content (AvgIpc) is 3.24. The van der Waals surface area contributed by atoms with E-state index in [0.29, 0.717) is 19.6 Å². The molecule has 0 bridgehead atoms. The van der Waals surface area contributed by atoms with Gasteiger partial charge in [-0.1, -0.05) is 30.3 Å². The highest BCUT2D eigenvalue weighted by Crippen LogP contribution is 2.33. The Balaban J connectivity index is 1.63. The normalized spacial score (nSPS) is 24.7. The van der Waals surface area contributed by atoms with E-state index in [4.69, 9.17) is 9.84 Å². The molecule has 1 aromatic rings. The monoisotopic (exact) mass is 422 g/mol. The summed E-state index contributed by atoms with van der Waals surface area (Å²) in [7, 11) is 0. The Kier molecular flexibility index (Phi) is 6.88. The molecule has 0 radical (unpaired) electrons. The van der Waals surface area contributed by atoms with Gasteiger partial charge in [-0.05, 0) is 12.0 Å². The molecule has 3 rings (SSSR count). The molecule has 2 aliphatic heterocycles. The molecule has 0 spiro atoms. The summed E-state index contributed by atoms with van der Waals surface area (Å²) in [5, 5.41) is 20.6. The van der Waals surface area contributed by atoms with Crippen LogP contribution in [0.2, 0.25) is 0 Å². The van der Waals surface area contributed by atoms with Gasteiger partial charge in [-0.25, -0.2) is 4.79 Å². The molecule has 2 amide bonds. The van der Waals surface area contributed by atoms with Gasteiger partial charge in [0.05, 0.1) is 18.8 Å². The molecule has 29 heavy (non-hydrogen) atoms. The van der Waals surface area contributed by atoms with E-state index in [1.54, 1.807) is 24.3 Å². The average molecular weight is 422 g/mol. The molecule has 9 nitrogen and oxygen atoms in total. The van der Waals surface area contributed by atoms with Gasteiger partial charge in [-0.2, -0.15) is 0 Å². The minimum atomic E-state index is -2.04. The van der Waals surface area contributed by atoms with Gasteiger partial charge in [0.15, 0.2) is 0 Å². The number of aliphatic hydroxyl groups is 1. The first-order valence-electron chi connectivity index (χ1n) is 9.17. The second-order valence-corrected chi connectivity index (χ2v) is 8.00. The summed E-state index contributed by atoms with van der Waals surface area (Å²) in [6.45, 7) is 0.868. The molecule has 4 atom stereocenters. The van der Waals surface area contributed by atoms with Gasteiger partial charge in [0.25, 0.3) is 5.91 Å². The predicted octanol–water partition coefficient (Wildman–Crippen LogP) is -0.376. The molecule has 2 heterocycles. The van der Waals surface area contributed by atoms with Gasteiger partial charge in [0, 0.05) is 12.5 Å². The number of hydrogen-bond acceptors (Lipinski definition) is 7. The van der Waals surface area contributed by atoms with Crippen LogP contribution >= 0.6 is 11.8 Å². The Hall–Kier alpha value is -2.43. The maximum atomic E-state index is 12.4. The van der Waals surface area contributed by atoms with Crippen molar-refractivity contribution in [3.05, 3.63) is 35.9 Å². The topological polar surface area (TPSA) is 133 Å². The summed E-state index contributed by atoms with van der Waals surface area (Å²) in [6.07, 6.45) is -1.35. The van der Waals surface area contributed by atoms with Crippen molar-refractivity contribution in [3.8, 4) is 0 Å². The lowest BCUT2D eigenvalue weighted by atomic mass is 10.1. The number of carboxylic acid groups (broad SMARTS) is 1. The molecule has 2 aliphatic rings. The lowest BCUT2D eigenvalue weighted by molar-refractivity contribution is -0.178. The van der Waals surface area contributed by atoms with Crippen molar-refractivity contribution in [1.82, 2.24) is 10.2 Å². The molecule has 0 aromatic heterocycles. The Morgan fingerprint density at radius 2 is 2.00 bits per heavy atom. The fourth-order valence-corrected chi connectivity index (χ4v) is 4.58. The van der Waals surface area contributed by atoms with Gasteiger partial charge < -0.3 is 20.3 Å². The van der Waals surface area contributed by atoms with Crippen LogP contribution in [0.15, 0.2) is 30.3 Å². The summed E-state index contributed by atoms with van der Waals surface area (Å²) in [6, 6.07) is 7.95. The zero-order valence-corrected chi connectivity index (χ0v) is 16.3. The highest BCUT2D eigenvalue weighted by atomic mass is 32.2. The Labute approximate surface area is 171 Å². The molecule has 2 unspecified atom stereocenters. The maximum absolute atomic E-state index is 12.4. The van der Waals surface area contributed by atoms with E-state index in [-0.39, 0.29) is 23.9 Å². The van der Waals surface area contributed by atoms with E-state index < -0.39 is 35.4 Å². The Morgan fingerprint density at radius 1 is 1.28 bits per heavy atom. The van der Waals surface area contributed by atoms with E-state index in [1.165, 1.54) is 0 Å². The van der Waals surface area contributed by atoms with Crippen LogP contribution in [0.5, 0.6) is 0 Å². The van der Waals surface area contributed by atoms with Crippen LogP contribution in [-0.4, -0.2) is 75.3 Å². The lowest BCUT2D eigenvalue weighted by Crippen LogP contribution is -2.73. The number of benzene rings is 1. The third-order valence-electron chi connectivity index (χ3n) is 4.87. The number of nitrogens with one attached hydrogen (secondary N) is 1. The number of ether oxygens (including phenoxy) is 1. The molecule has 0 aliphatic carbocycles. The van der Waals surface area contributed by atoms with Crippen molar-refractivity contribution in [2.45, 2.75) is 30.5 Å². The summed E-state index contributed by atoms with van der Waals surface area (Å²) >= 11 is 1.03. The third-order valence-corrected chi connectivity index (χ3v) is 6.16. The van der Waals surface area contributed by atoms with E-state index in [9.17, 15) is 24.3 Å². The fraction of sp³-hybridized carbons (Fsp3) is 0.474. The molecular weight excluding hydrogens is 400 g/mol. The van der Waals surface area contributed by atoms with Gasteiger partial charge in [-0.3, -0.25) is 19.3 Å². The molecule has 10 heteroatoms. The molecule has 156 valence electrons. The first kappa shape index (κ1) is 21.3. The van der Waals surface area contributed by atoms with Crippen molar-refractivity contribution in [2.24, 2.45) is 5.92 Å². The number of likely N-dealkylation sites (tertiary alicyclic amines) is 1. The second-order valence-electron chi connectivity index (χ2n) is 6.89. The van der Waals surface area contributed by atoms with Gasteiger partial charge in [0.2, 0.25) is 12.1 Å². The number of rotatable bonds is 9. The number of thioether (sulfide) groups is 1. The molecule has 2 saturated heterocycles. The SMILES string of the molecule is O=C(Cc1ccccc1)N[C@@H]1C(=O)N(C(O)C(=O)O)[C@@H]1SCC(=O)C1CCOC1. The number of aliphatic carboxylic acids is 1. The van der Waals surface area contributed by atoms with Crippen molar-refractivity contribution in [2.75, 3.05) is 19.0 Å². The molecule has 2 fully saturated rings. The lowest BCUT2D eigenvalue weighted by Gasteiger charge is -2.47. The van der Waals surface area contributed by atoms with Gasteiger partial charge >= 0.3 is 5.97 Å². The van der Waals surface area contributed by atoms with Crippen LogP contribution in [0.1, 0.15) is 12.0 Å². The Bertz CT molecular complexity index is 782. The number of aliphatic hydroxyl groups excluding tert-OH is 1. The molecule has 1 aromatic carbocycles. The molecule has 3 N–H and O–H groups in total. The first-order chi connectivity index (χ1) is 13.9. The molecular formula is C19H22N2O7S. The van der Waals surface area contributed by atoms with Crippen LogP contribution in [0.25, 0.3) is 0 Å². The number of carbonyl (C=O) groups excluding carboxylic acids is 3. The number of nitrogens with zero attached hydrogens (tertiary/aromatic N) is 1. The minimum absolute atomic E-state index is 0.0276. The number of β-lactam (4-membered cyclic amide) rings is 1. The van der Waals surface area contributed by atoms with Crippen LogP contribution in [0.3, 0.4) is 0 Å². The standard InChI is InChI=1S/C19H22N2O7S/c22-13(12-6-7-28-9-12)10-29-18-15(16(24)21(18)17(25)19(26)27)20-14(23)8-11-4-2-1-3-5-11/h1-5,12,15,17-18,25H,6-10H2,(H,20,23)(H,26,27)/t12?,15-,17?,18-/m1/s1. The van der Waals surface area contributed by atoms with E-state index in [0.717, 1.165) is 22.2 Å². The fourth-order valence-electron chi connectivity index (χ4n) is 3.25. The van der Waals surface area contributed by atoms with E-state index >= 15 is 0 Å². The number of amides is 2.